The van der Waals surface area contributed by atoms with Gasteiger partial charge in [0.15, 0.2) is 0 Å². The van der Waals surface area contributed by atoms with Gasteiger partial charge in [-0.1, -0.05) is 37.5 Å². The molecule has 1 aliphatic carbocycles. The van der Waals surface area contributed by atoms with Crippen molar-refractivity contribution in [3.8, 4) is 0 Å². The number of rotatable bonds is 3. The fraction of sp³-hybridized carbons (Fsp3) is 0.500. The first-order valence-electron chi connectivity index (χ1n) is 7.05. The molecule has 2 N–H and O–H groups in total. The molecule has 0 radical (unpaired) electrons. The Kier molecular flexibility index (Phi) is 4.12. The molecule has 4 heteroatoms. The van der Waals surface area contributed by atoms with E-state index in [4.69, 9.17) is 0 Å². The van der Waals surface area contributed by atoms with Crippen LogP contribution in [0.3, 0.4) is 0 Å². The number of hydrogen-bond donors (Lipinski definition) is 2. The van der Waals surface area contributed by atoms with Crippen LogP contribution in [0, 0.1) is 12.8 Å². The Morgan fingerprint density at radius 1 is 1.30 bits per heavy atom. The highest BCUT2D eigenvalue weighted by molar-refractivity contribution is 5.97. The van der Waals surface area contributed by atoms with Crippen LogP contribution in [0.25, 0.3) is 0 Å². The Morgan fingerprint density at radius 3 is 2.50 bits per heavy atom. The van der Waals surface area contributed by atoms with Gasteiger partial charge in [0.25, 0.3) is 5.91 Å². The number of nitrogens with one attached hydrogen (secondary N) is 1. The second-order valence-corrected chi connectivity index (χ2v) is 5.91. The van der Waals surface area contributed by atoms with Crippen molar-refractivity contribution in [1.82, 2.24) is 5.32 Å². The first-order chi connectivity index (χ1) is 9.43. The second kappa shape index (κ2) is 5.65. The summed E-state index contributed by atoms with van der Waals surface area (Å²) in [5.74, 6) is -0.913. The van der Waals surface area contributed by atoms with Crippen molar-refractivity contribution in [1.29, 1.82) is 0 Å². The Morgan fingerprint density at radius 2 is 1.95 bits per heavy atom. The number of carbonyl (C=O) groups excluding carboxylic acids is 1. The third-order valence-corrected chi connectivity index (χ3v) is 4.07. The van der Waals surface area contributed by atoms with Crippen molar-refractivity contribution < 1.29 is 14.7 Å². The maximum Gasteiger partial charge on any atom is 0.329 e. The van der Waals surface area contributed by atoms with E-state index in [1.807, 2.05) is 26.0 Å². The summed E-state index contributed by atoms with van der Waals surface area (Å²) in [4.78, 5) is 23.9. The summed E-state index contributed by atoms with van der Waals surface area (Å²) in [6, 6.07) is 7.16. The number of hydrogen-bond acceptors (Lipinski definition) is 2. The highest BCUT2D eigenvalue weighted by Gasteiger charge is 2.43. The predicted octanol–water partition coefficient (Wildman–Crippen LogP) is 2.76. The van der Waals surface area contributed by atoms with E-state index in [2.05, 4.69) is 5.32 Å². The topological polar surface area (TPSA) is 66.4 Å². The SMILES string of the molecule is Cc1ccc(C(=O)NC2(C(=O)O)CCCC(C)C2)cc1. The number of carbonyl (C=O) groups is 2. The maximum absolute atomic E-state index is 12.3. The lowest BCUT2D eigenvalue weighted by Crippen LogP contribution is -2.56. The highest BCUT2D eigenvalue weighted by atomic mass is 16.4. The van der Waals surface area contributed by atoms with Crippen molar-refractivity contribution in [2.45, 2.75) is 45.1 Å². The lowest BCUT2D eigenvalue weighted by molar-refractivity contribution is -0.146. The smallest absolute Gasteiger partial charge is 0.329 e. The molecule has 2 atom stereocenters. The summed E-state index contributed by atoms with van der Waals surface area (Å²) in [7, 11) is 0. The van der Waals surface area contributed by atoms with Gasteiger partial charge in [0, 0.05) is 5.56 Å². The van der Waals surface area contributed by atoms with Crippen LogP contribution in [0.1, 0.15) is 48.5 Å². The van der Waals surface area contributed by atoms with Crippen molar-refractivity contribution in [3.05, 3.63) is 35.4 Å². The van der Waals surface area contributed by atoms with Crippen LogP contribution in [0.5, 0.6) is 0 Å². The number of carboxylic acids is 1. The van der Waals surface area contributed by atoms with Crippen molar-refractivity contribution in [3.63, 3.8) is 0 Å². The van der Waals surface area contributed by atoms with Gasteiger partial charge >= 0.3 is 5.97 Å². The minimum absolute atomic E-state index is 0.304. The molecule has 1 aliphatic rings. The van der Waals surface area contributed by atoms with E-state index >= 15 is 0 Å². The molecule has 108 valence electrons. The molecule has 0 bridgehead atoms. The van der Waals surface area contributed by atoms with Gasteiger partial charge in [-0.25, -0.2) is 4.79 Å². The molecule has 0 aliphatic heterocycles. The van der Waals surface area contributed by atoms with Gasteiger partial charge in [-0.15, -0.1) is 0 Å². The Labute approximate surface area is 119 Å². The third kappa shape index (κ3) is 3.00. The van der Waals surface area contributed by atoms with Crippen LogP contribution >= 0.6 is 0 Å². The van der Waals surface area contributed by atoms with Gasteiger partial charge in [-0.2, -0.15) is 0 Å². The maximum atomic E-state index is 12.3. The predicted molar refractivity (Wildman–Crippen MR) is 76.6 cm³/mol. The fourth-order valence-electron chi connectivity index (χ4n) is 2.91. The van der Waals surface area contributed by atoms with E-state index in [0.29, 0.717) is 24.3 Å². The van der Waals surface area contributed by atoms with Crippen molar-refractivity contribution in [2.24, 2.45) is 5.92 Å². The second-order valence-electron chi connectivity index (χ2n) is 5.91. The lowest BCUT2D eigenvalue weighted by Gasteiger charge is -2.37. The van der Waals surface area contributed by atoms with E-state index in [-0.39, 0.29) is 5.91 Å². The minimum Gasteiger partial charge on any atom is -0.480 e. The van der Waals surface area contributed by atoms with Gasteiger partial charge in [-0.05, 0) is 37.8 Å². The molecule has 4 nitrogen and oxygen atoms in total. The van der Waals surface area contributed by atoms with Gasteiger partial charge in [0.1, 0.15) is 5.54 Å². The third-order valence-electron chi connectivity index (χ3n) is 4.07. The van der Waals surface area contributed by atoms with Crippen LogP contribution in [0.15, 0.2) is 24.3 Å². The molecule has 0 heterocycles. The number of carboxylic acid groups (broad SMARTS) is 1. The zero-order valence-corrected chi connectivity index (χ0v) is 12.0. The Bertz CT molecular complexity index is 509. The zero-order chi connectivity index (χ0) is 14.8. The Balaban J connectivity index is 2.18. The van der Waals surface area contributed by atoms with Crippen LogP contribution in [-0.4, -0.2) is 22.5 Å². The normalized spacial score (nSPS) is 26.0. The molecule has 0 saturated heterocycles. The number of aryl methyl sites for hydroxylation is 1. The summed E-state index contributed by atoms with van der Waals surface area (Å²) in [5, 5.41) is 12.3. The van der Waals surface area contributed by atoms with Gasteiger partial charge in [0.2, 0.25) is 0 Å². The molecule has 1 fully saturated rings. The molecular formula is C16H21NO3. The fourth-order valence-corrected chi connectivity index (χ4v) is 2.91. The molecule has 0 spiro atoms. The molecule has 1 aromatic carbocycles. The molecule has 2 unspecified atom stereocenters. The minimum atomic E-state index is -1.11. The summed E-state index contributed by atoms with van der Waals surface area (Å²) < 4.78 is 0. The average Bonchev–Trinajstić information content (AvgIpc) is 2.39. The molecule has 2 rings (SSSR count). The number of aliphatic carboxylic acids is 1. The molecule has 1 amide bonds. The summed E-state index contributed by atoms with van der Waals surface area (Å²) >= 11 is 0. The molecule has 1 saturated carbocycles. The quantitative estimate of drug-likeness (QED) is 0.891. The van der Waals surface area contributed by atoms with Crippen LogP contribution in [-0.2, 0) is 4.79 Å². The van der Waals surface area contributed by atoms with E-state index < -0.39 is 11.5 Å². The lowest BCUT2D eigenvalue weighted by atomic mass is 9.76. The molecule has 1 aromatic rings. The van der Waals surface area contributed by atoms with E-state index in [1.165, 1.54) is 0 Å². The van der Waals surface area contributed by atoms with Gasteiger partial charge in [-0.3, -0.25) is 4.79 Å². The molecule has 0 aromatic heterocycles. The summed E-state index contributed by atoms with van der Waals surface area (Å²) in [5.41, 5.74) is 0.467. The van der Waals surface area contributed by atoms with Crippen molar-refractivity contribution in [2.75, 3.05) is 0 Å². The van der Waals surface area contributed by atoms with E-state index in [9.17, 15) is 14.7 Å². The first-order valence-corrected chi connectivity index (χ1v) is 7.05. The standard InChI is InChI=1S/C16H21NO3/c1-11-5-7-13(8-6-11)14(18)17-16(15(19)20)9-3-4-12(2)10-16/h5-8,12H,3-4,9-10H2,1-2H3,(H,17,18)(H,19,20). The largest absolute Gasteiger partial charge is 0.480 e. The van der Waals surface area contributed by atoms with Crippen molar-refractivity contribution >= 4 is 11.9 Å². The van der Waals surface area contributed by atoms with Gasteiger partial charge < -0.3 is 10.4 Å². The number of benzene rings is 1. The van der Waals surface area contributed by atoms with E-state index in [0.717, 1.165) is 18.4 Å². The van der Waals surface area contributed by atoms with Crippen LogP contribution < -0.4 is 5.32 Å². The molecular weight excluding hydrogens is 254 g/mol. The monoisotopic (exact) mass is 275 g/mol. The van der Waals surface area contributed by atoms with Gasteiger partial charge in [0.05, 0.1) is 0 Å². The average molecular weight is 275 g/mol. The summed E-state index contributed by atoms with van der Waals surface area (Å²) in [6.45, 7) is 3.98. The van der Waals surface area contributed by atoms with Crippen LogP contribution in [0.4, 0.5) is 0 Å². The number of amides is 1. The first kappa shape index (κ1) is 14.6. The van der Waals surface area contributed by atoms with Crippen LogP contribution in [0.2, 0.25) is 0 Å². The highest BCUT2D eigenvalue weighted by Crippen LogP contribution is 2.32. The van der Waals surface area contributed by atoms with E-state index in [1.54, 1.807) is 12.1 Å². The molecule has 20 heavy (non-hydrogen) atoms. The summed E-state index contributed by atoms with van der Waals surface area (Å²) in [6.07, 6.45) is 2.86. The Hall–Kier alpha value is -1.84. The zero-order valence-electron chi connectivity index (χ0n) is 12.0.